The van der Waals surface area contributed by atoms with Crippen molar-refractivity contribution >= 4 is 17.1 Å². The maximum Gasteiger partial charge on any atom is 0.199 e. The van der Waals surface area contributed by atoms with Crippen LogP contribution in [-0.2, 0) is 0 Å². The number of aromatic nitrogens is 3. The van der Waals surface area contributed by atoms with E-state index in [2.05, 4.69) is 34.9 Å². The van der Waals surface area contributed by atoms with E-state index in [4.69, 9.17) is 16.2 Å². The number of fused-ring (bicyclic) bond motifs is 1. The highest BCUT2D eigenvalue weighted by Gasteiger charge is 2.22. The minimum Gasteiger partial charge on any atom is -0.490 e. The summed E-state index contributed by atoms with van der Waals surface area (Å²) >= 11 is 0. The van der Waals surface area contributed by atoms with Crippen LogP contribution < -0.4 is 16.2 Å². The number of nitriles is 1. The molecule has 27 heavy (non-hydrogen) atoms. The Bertz CT molecular complexity index is 999. The number of hydrogen-bond donors (Lipinski definition) is 3. The maximum absolute atomic E-state index is 9.57. The molecule has 0 amide bonds. The Hall–Kier alpha value is -3.11. The van der Waals surface area contributed by atoms with Gasteiger partial charge in [-0.2, -0.15) is 5.26 Å². The minimum absolute atomic E-state index is 0.304. The van der Waals surface area contributed by atoms with Crippen LogP contribution in [-0.4, -0.2) is 27.1 Å². The molecule has 140 valence electrons. The Balaban J connectivity index is 1.89. The average Bonchev–Trinajstić information content (AvgIpc) is 2.99. The van der Waals surface area contributed by atoms with Gasteiger partial charge in [0.15, 0.2) is 11.6 Å². The van der Waals surface area contributed by atoms with E-state index in [0.29, 0.717) is 40.9 Å². The summed E-state index contributed by atoms with van der Waals surface area (Å²) in [5, 5.41) is 9.57. The molecule has 3 aromatic rings. The molecule has 7 nitrogen and oxygen atoms in total. The SMILES string of the molecule is CC(C)CC(C)(N)COc1ccc(-c2ccnc3[nH]c(N)nc23)cc1C#N. The molecule has 0 saturated heterocycles. The van der Waals surface area contributed by atoms with E-state index in [9.17, 15) is 5.26 Å². The normalized spacial score (nSPS) is 13.5. The Labute approximate surface area is 158 Å². The molecular weight excluding hydrogens is 340 g/mol. The number of nitrogen functional groups attached to an aromatic ring is 1. The summed E-state index contributed by atoms with van der Waals surface area (Å²) in [6.45, 7) is 6.55. The van der Waals surface area contributed by atoms with Gasteiger partial charge in [0.25, 0.3) is 0 Å². The van der Waals surface area contributed by atoms with E-state index in [-0.39, 0.29) is 0 Å². The first-order valence-corrected chi connectivity index (χ1v) is 8.85. The summed E-state index contributed by atoms with van der Waals surface area (Å²) in [5.41, 5.74) is 15.0. The van der Waals surface area contributed by atoms with Gasteiger partial charge in [0.05, 0.1) is 5.56 Å². The number of hydrogen-bond acceptors (Lipinski definition) is 6. The number of rotatable bonds is 6. The number of imidazole rings is 1. The predicted molar refractivity (Wildman–Crippen MR) is 106 cm³/mol. The van der Waals surface area contributed by atoms with Crippen molar-refractivity contribution in [3.63, 3.8) is 0 Å². The Kier molecular flexibility index (Phi) is 5.02. The molecule has 0 aliphatic carbocycles. The predicted octanol–water partition coefficient (Wildman–Crippen LogP) is 3.22. The van der Waals surface area contributed by atoms with Crippen molar-refractivity contribution in [2.45, 2.75) is 32.7 Å². The molecular formula is C20H24N6O. The van der Waals surface area contributed by atoms with E-state index in [1.807, 2.05) is 19.1 Å². The Morgan fingerprint density at radius 2 is 2.11 bits per heavy atom. The van der Waals surface area contributed by atoms with Crippen LogP contribution in [0.5, 0.6) is 5.75 Å². The highest BCUT2D eigenvalue weighted by molar-refractivity contribution is 5.91. The van der Waals surface area contributed by atoms with Gasteiger partial charge in [-0.1, -0.05) is 19.9 Å². The fourth-order valence-electron chi connectivity index (χ4n) is 3.31. The van der Waals surface area contributed by atoms with Crippen molar-refractivity contribution in [2.24, 2.45) is 11.7 Å². The van der Waals surface area contributed by atoms with Crippen molar-refractivity contribution in [1.29, 1.82) is 5.26 Å². The second-order valence-corrected chi connectivity index (χ2v) is 7.54. The van der Waals surface area contributed by atoms with Crippen LogP contribution in [0, 0.1) is 17.2 Å². The van der Waals surface area contributed by atoms with Crippen molar-refractivity contribution < 1.29 is 4.74 Å². The first-order valence-electron chi connectivity index (χ1n) is 8.85. The van der Waals surface area contributed by atoms with Crippen molar-refractivity contribution in [3.05, 3.63) is 36.0 Å². The van der Waals surface area contributed by atoms with Crippen LogP contribution >= 0.6 is 0 Å². The van der Waals surface area contributed by atoms with Gasteiger partial charge in [-0.3, -0.25) is 0 Å². The van der Waals surface area contributed by atoms with Crippen molar-refractivity contribution in [3.8, 4) is 22.9 Å². The lowest BCUT2D eigenvalue weighted by Gasteiger charge is -2.26. The first-order chi connectivity index (χ1) is 12.8. The highest BCUT2D eigenvalue weighted by Crippen LogP contribution is 2.30. The molecule has 0 bridgehead atoms. The molecule has 3 rings (SSSR count). The molecule has 0 aliphatic heterocycles. The summed E-state index contributed by atoms with van der Waals surface area (Å²) in [7, 11) is 0. The van der Waals surface area contributed by atoms with Gasteiger partial charge >= 0.3 is 0 Å². The summed E-state index contributed by atoms with van der Waals surface area (Å²) in [6.07, 6.45) is 2.51. The van der Waals surface area contributed by atoms with E-state index in [1.54, 1.807) is 18.3 Å². The van der Waals surface area contributed by atoms with Crippen LogP contribution in [0.2, 0.25) is 0 Å². The molecule has 1 unspecified atom stereocenters. The van der Waals surface area contributed by atoms with Gasteiger partial charge < -0.3 is 21.2 Å². The van der Waals surface area contributed by atoms with Crippen molar-refractivity contribution in [1.82, 2.24) is 15.0 Å². The fourth-order valence-corrected chi connectivity index (χ4v) is 3.31. The number of H-pyrrole nitrogens is 1. The van der Waals surface area contributed by atoms with Crippen LogP contribution in [0.25, 0.3) is 22.3 Å². The lowest BCUT2D eigenvalue weighted by Crippen LogP contribution is -2.43. The molecule has 0 aliphatic rings. The zero-order valence-electron chi connectivity index (χ0n) is 15.8. The summed E-state index contributed by atoms with van der Waals surface area (Å²) in [6, 6.07) is 9.52. The van der Waals surface area contributed by atoms with E-state index < -0.39 is 5.54 Å². The first kappa shape index (κ1) is 18.7. The molecule has 0 saturated carbocycles. The third kappa shape index (κ3) is 4.18. The molecule has 0 fully saturated rings. The maximum atomic E-state index is 9.57. The van der Waals surface area contributed by atoms with Crippen molar-refractivity contribution in [2.75, 3.05) is 12.3 Å². The molecule has 7 heteroatoms. The number of nitrogens with two attached hydrogens (primary N) is 2. The van der Waals surface area contributed by atoms with Gasteiger partial charge in [-0.25, -0.2) is 9.97 Å². The lowest BCUT2D eigenvalue weighted by molar-refractivity contribution is 0.206. The standard InChI is InChI=1S/C20H24N6O/c1-12(2)9-20(3,23)11-27-16-5-4-13(8-14(16)10-21)15-6-7-24-18-17(15)25-19(22)26-18/h4-8,12H,9,11,23H2,1-3H3,(H3,22,24,25,26). The second kappa shape index (κ2) is 7.25. The topological polar surface area (TPSA) is 127 Å². The lowest BCUT2D eigenvalue weighted by atomic mass is 9.93. The van der Waals surface area contributed by atoms with E-state index in [1.165, 1.54) is 0 Å². The zero-order valence-corrected chi connectivity index (χ0v) is 15.8. The summed E-state index contributed by atoms with van der Waals surface area (Å²) in [5.74, 6) is 1.29. The van der Waals surface area contributed by atoms with Crippen LogP contribution in [0.4, 0.5) is 5.95 Å². The molecule has 0 radical (unpaired) electrons. The fraction of sp³-hybridized carbons (Fsp3) is 0.350. The van der Waals surface area contributed by atoms with Crippen LogP contribution in [0.3, 0.4) is 0 Å². The highest BCUT2D eigenvalue weighted by atomic mass is 16.5. The number of nitrogens with one attached hydrogen (secondary N) is 1. The third-order valence-electron chi connectivity index (χ3n) is 4.25. The molecule has 2 heterocycles. The average molecular weight is 364 g/mol. The van der Waals surface area contributed by atoms with E-state index >= 15 is 0 Å². The minimum atomic E-state index is -0.455. The summed E-state index contributed by atoms with van der Waals surface area (Å²) < 4.78 is 5.87. The van der Waals surface area contributed by atoms with Gasteiger partial charge in [0.1, 0.15) is 23.9 Å². The zero-order chi connectivity index (χ0) is 19.6. The number of ether oxygens (including phenoxy) is 1. The third-order valence-corrected chi connectivity index (χ3v) is 4.25. The van der Waals surface area contributed by atoms with Crippen LogP contribution in [0.1, 0.15) is 32.8 Å². The number of nitrogens with zero attached hydrogens (tertiary/aromatic N) is 3. The van der Waals surface area contributed by atoms with E-state index in [0.717, 1.165) is 17.5 Å². The second-order valence-electron chi connectivity index (χ2n) is 7.54. The van der Waals surface area contributed by atoms with Gasteiger partial charge in [0, 0.05) is 17.3 Å². The Morgan fingerprint density at radius 3 is 2.81 bits per heavy atom. The molecule has 2 aromatic heterocycles. The largest absolute Gasteiger partial charge is 0.490 e. The smallest absolute Gasteiger partial charge is 0.199 e. The number of benzene rings is 1. The van der Waals surface area contributed by atoms with Gasteiger partial charge in [-0.05, 0) is 43.0 Å². The number of pyridine rings is 1. The Morgan fingerprint density at radius 1 is 1.33 bits per heavy atom. The monoisotopic (exact) mass is 364 g/mol. The number of aromatic amines is 1. The summed E-state index contributed by atoms with van der Waals surface area (Å²) in [4.78, 5) is 11.4. The molecule has 1 aromatic carbocycles. The molecule has 5 N–H and O–H groups in total. The van der Waals surface area contributed by atoms with Gasteiger partial charge in [0.2, 0.25) is 0 Å². The van der Waals surface area contributed by atoms with Gasteiger partial charge in [-0.15, -0.1) is 0 Å². The number of anilines is 1. The molecule has 0 spiro atoms. The molecule has 1 atom stereocenters. The quantitative estimate of drug-likeness (QED) is 0.616. The van der Waals surface area contributed by atoms with Crippen LogP contribution in [0.15, 0.2) is 30.5 Å².